The van der Waals surface area contributed by atoms with Gasteiger partial charge in [0.1, 0.15) is 0 Å². The van der Waals surface area contributed by atoms with E-state index in [1.54, 1.807) is 11.3 Å². The third-order valence-electron chi connectivity index (χ3n) is 2.59. The van der Waals surface area contributed by atoms with Gasteiger partial charge in [0.15, 0.2) is 4.96 Å². The summed E-state index contributed by atoms with van der Waals surface area (Å²) in [6.45, 7) is 2.82. The Balaban J connectivity index is 1.88. The summed E-state index contributed by atoms with van der Waals surface area (Å²) in [5.74, 6) is 0. The summed E-state index contributed by atoms with van der Waals surface area (Å²) in [6.07, 6.45) is 6.04. The third-order valence-corrected chi connectivity index (χ3v) is 3.35. The zero-order valence-corrected chi connectivity index (χ0v) is 9.74. The largest absolute Gasteiger partial charge is 0.320 e. The lowest BCUT2D eigenvalue weighted by atomic mass is 10.3. The molecule has 16 heavy (non-hydrogen) atoms. The quantitative estimate of drug-likeness (QED) is 0.751. The topological polar surface area (TPSA) is 34.3 Å². The van der Waals surface area contributed by atoms with Gasteiger partial charge in [-0.15, -0.1) is 11.3 Å². The van der Waals surface area contributed by atoms with Gasteiger partial charge in [0.25, 0.3) is 0 Å². The predicted molar refractivity (Wildman–Crippen MR) is 65.3 cm³/mol. The summed E-state index contributed by atoms with van der Waals surface area (Å²) in [4.78, 5) is 5.56. The summed E-state index contributed by atoms with van der Waals surface area (Å²) >= 11 is 1.66. The number of imidazole rings is 1. The van der Waals surface area contributed by atoms with E-state index in [0.29, 0.717) is 0 Å². The maximum absolute atomic E-state index is 4.51. The van der Waals surface area contributed by atoms with Crippen molar-refractivity contribution in [2.45, 2.75) is 13.5 Å². The van der Waals surface area contributed by atoms with Crippen molar-refractivity contribution in [2.24, 2.45) is 0 Å². The number of aromatic nitrogens is 3. The van der Waals surface area contributed by atoms with E-state index in [4.69, 9.17) is 0 Å². The zero-order chi connectivity index (χ0) is 11.0. The van der Waals surface area contributed by atoms with Crippen molar-refractivity contribution in [3.05, 3.63) is 47.5 Å². The lowest BCUT2D eigenvalue weighted by molar-refractivity contribution is 0.818. The van der Waals surface area contributed by atoms with Crippen LogP contribution in [0.2, 0.25) is 0 Å². The molecule has 0 saturated heterocycles. The molecule has 0 fully saturated rings. The molecule has 3 aromatic rings. The molecule has 4 nitrogen and oxygen atoms in total. The van der Waals surface area contributed by atoms with Crippen molar-refractivity contribution < 1.29 is 0 Å². The van der Waals surface area contributed by atoms with Gasteiger partial charge < -0.3 is 5.43 Å². The Bertz CT molecular complexity index is 591. The minimum atomic E-state index is 0.776. The molecule has 5 heteroatoms. The lowest BCUT2D eigenvalue weighted by Crippen LogP contribution is -2.13. The maximum Gasteiger partial charge on any atom is 0.194 e. The third kappa shape index (κ3) is 1.49. The van der Waals surface area contributed by atoms with Crippen molar-refractivity contribution in [2.75, 3.05) is 5.43 Å². The van der Waals surface area contributed by atoms with Crippen molar-refractivity contribution in [3.8, 4) is 0 Å². The van der Waals surface area contributed by atoms with Crippen LogP contribution in [0.1, 0.15) is 11.4 Å². The number of rotatable bonds is 3. The van der Waals surface area contributed by atoms with Crippen LogP contribution in [0.4, 0.5) is 0 Å². The molecular weight excluding hydrogens is 220 g/mol. The summed E-state index contributed by atoms with van der Waals surface area (Å²) in [5.41, 5.74) is 5.61. The maximum atomic E-state index is 4.51. The molecule has 0 atom stereocenters. The van der Waals surface area contributed by atoms with E-state index < -0.39 is 0 Å². The Labute approximate surface area is 97.1 Å². The van der Waals surface area contributed by atoms with E-state index in [0.717, 1.165) is 17.2 Å². The molecular formula is C11H12N4S. The second kappa shape index (κ2) is 3.68. The molecule has 0 aromatic carbocycles. The van der Waals surface area contributed by atoms with E-state index >= 15 is 0 Å². The molecule has 0 unspecified atom stereocenters. The van der Waals surface area contributed by atoms with Crippen molar-refractivity contribution >= 4 is 16.3 Å². The first-order valence-electron chi connectivity index (χ1n) is 5.12. The second-order valence-corrected chi connectivity index (χ2v) is 4.50. The van der Waals surface area contributed by atoms with Crippen LogP contribution in [0.25, 0.3) is 4.96 Å². The van der Waals surface area contributed by atoms with Crippen LogP contribution >= 0.6 is 11.3 Å². The van der Waals surface area contributed by atoms with E-state index in [2.05, 4.69) is 26.4 Å². The zero-order valence-electron chi connectivity index (χ0n) is 8.92. The van der Waals surface area contributed by atoms with Gasteiger partial charge in [0.05, 0.1) is 17.9 Å². The first kappa shape index (κ1) is 9.47. The number of hydrogen-bond donors (Lipinski definition) is 1. The first-order valence-corrected chi connectivity index (χ1v) is 6.00. The predicted octanol–water partition coefficient (Wildman–Crippen LogP) is 2.25. The Hall–Kier alpha value is -1.75. The van der Waals surface area contributed by atoms with Crippen molar-refractivity contribution in [1.29, 1.82) is 0 Å². The molecule has 3 heterocycles. The minimum Gasteiger partial charge on any atom is -0.320 e. The Morgan fingerprint density at radius 2 is 2.12 bits per heavy atom. The summed E-state index contributed by atoms with van der Waals surface area (Å²) in [7, 11) is 0. The van der Waals surface area contributed by atoms with Crippen LogP contribution in [0.15, 0.2) is 36.1 Å². The minimum absolute atomic E-state index is 0.776. The smallest absolute Gasteiger partial charge is 0.194 e. The molecule has 0 radical (unpaired) electrons. The van der Waals surface area contributed by atoms with E-state index in [1.807, 2.05) is 36.1 Å². The molecule has 3 rings (SSSR count). The fourth-order valence-electron chi connectivity index (χ4n) is 1.76. The average molecular weight is 232 g/mol. The van der Waals surface area contributed by atoms with Crippen LogP contribution in [0.5, 0.6) is 0 Å². The highest BCUT2D eigenvalue weighted by Crippen LogP contribution is 2.16. The monoisotopic (exact) mass is 232 g/mol. The van der Waals surface area contributed by atoms with Gasteiger partial charge in [-0.1, -0.05) is 0 Å². The highest BCUT2D eigenvalue weighted by Gasteiger charge is 2.08. The molecule has 0 aliphatic carbocycles. The summed E-state index contributed by atoms with van der Waals surface area (Å²) < 4.78 is 4.09. The van der Waals surface area contributed by atoms with Gasteiger partial charge in [0.2, 0.25) is 0 Å². The molecule has 0 spiro atoms. The average Bonchev–Trinajstić information content (AvgIpc) is 2.92. The molecule has 0 aliphatic rings. The fourth-order valence-corrected chi connectivity index (χ4v) is 2.54. The molecule has 1 N–H and O–H groups in total. The Morgan fingerprint density at radius 1 is 1.31 bits per heavy atom. The fraction of sp³-hybridized carbons (Fsp3) is 0.182. The number of fused-ring (bicyclic) bond motifs is 1. The molecule has 0 aliphatic heterocycles. The number of hydrogen-bond acceptors (Lipinski definition) is 3. The number of nitrogens with one attached hydrogen (secondary N) is 1. The first-order chi connectivity index (χ1) is 7.84. The molecule has 0 amide bonds. The highest BCUT2D eigenvalue weighted by molar-refractivity contribution is 7.15. The van der Waals surface area contributed by atoms with Crippen molar-refractivity contribution in [1.82, 2.24) is 14.1 Å². The number of nitrogens with zero attached hydrogens (tertiary/aromatic N) is 3. The van der Waals surface area contributed by atoms with Crippen LogP contribution < -0.4 is 5.43 Å². The van der Waals surface area contributed by atoms with Gasteiger partial charge >= 0.3 is 0 Å². The standard InChI is InChI=1S/C11H12N4S/c1-9-10(8-12-14-4-2-3-5-14)15-6-7-16-11(15)13-9/h2-7,12H,8H2,1H3. The molecule has 82 valence electrons. The normalized spacial score (nSPS) is 11.1. The van der Waals surface area contributed by atoms with Gasteiger partial charge in [-0.3, -0.25) is 9.08 Å². The molecule has 0 saturated carbocycles. The van der Waals surface area contributed by atoms with Gasteiger partial charge in [-0.25, -0.2) is 4.98 Å². The van der Waals surface area contributed by atoms with Gasteiger partial charge in [0, 0.05) is 24.0 Å². The number of thiazole rings is 1. The molecule has 0 bridgehead atoms. The second-order valence-electron chi connectivity index (χ2n) is 3.62. The highest BCUT2D eigenvalue weighted by atomic mass is 32.1. The van der Waals surface area contributed by atoms with Crippen LogP contribution in [0.3, 0.4) is 0 Å². The van der Waals surface area contributed by atoms with Crippen LogP contribution in [0, 0.1) is 6.92 Å². The Kier molecular flexibility index (Phi) is 2.18. The van der Waals surface area contributed by atoms with E-state index in [9.17, 15) is 0 Å². The van der Waals surface area contributed by atoms with Crippen LogP contribution in [-0.4, -0.2) is 14.1 Å². The van der Waals surface area contributed by atoms with E-state index in [-0.39, 0.29) is 0 Å². The summed E-state index contributed by atoms with van der Waals surface area (Å²) in [5, 5.41) is 2.06. The lowest BCUT2D eigenvalue weighted by Gasteiger charge is -2.07. The van der Waals surface area contributed by atoms with E-state index in [1.165, 1.54) is 5.69 Å². The SMILES string of the molecule is Cc1nc2sccn2c1CNn1cccc1. The summed E-state index contributed by atoms with van der Waals surface area (Å²) in [6, 6.07) is 3.99. The molecule has 3 aromatic heterocycles. The number of aryl methyl sites for hydroxylation is 1. The van der Waals surface area contributed by atoms with Gasteiger partial charge in [-0.05, 0) is 19.1 Å². The Morgan fingerprint density at radius 3 is 2.94 bits per heavy atom. The van der Waals surface area contributed by atoms with Crippen molar-refractivity contribution in [3.63, 3.8) is 0 Å². The van der Waals surface area contributed by atoms with Gasteiger partial charge in [-0.2, -0.15) is 0 Å². The van der Waals surface area contributed by atoms with Crippen LogP contribution in [-0.2, 0) is 6.54 Å².